The Labute approximate surface area is 208 Å². The summed E-state index contributed by atoms with van der Waals surface area (Å²) in [6.45, 7) is 0. The van der Waals surface area contributed by atoms with Gasteiger partial charge in [-0.25, -0.2) is 0 Å². The first-order valence-electron chi connectivity index (χ1n) is 12.1. The minimum atomic E-state index is -1.53. The number of hydrogen-bond donors (Lipinski definition) is 2. The molecule has 0 aliphatic heterocycles. The molecule has 2 atom stereocenters. The van der Waals surface area contributed by atoms with Crippen molar-refractivity contribution >= 4 is 21.5 Å². The fraction of sp³-hybridized carbons (Fsp3) is 0.0606. The molecule has 36 heavy (non-hydrogen) atoms. The van der Waals surface area contributed by atoms with Crippen molar-refractivity contribution in [3.05, 3.63) is 161 Å². The first-order valence-corrected chi connectivity index (χ1v) is 12.1. The number of aliphatic hydroxyl groups is 2. The van der Waals surface area contributed by atoms with Crippen molar-refractivity contribution in [1.29, 1.82) is 0 Å². The highest BCUT2D eigenvalue weighted by Crippen LogP contribution is 2.52. The van der Waals surface area contributed by atoms with Gasteiger partial charge in [0.05, 0.1) is 5.69 Å². The molecule has 5 aromatic carbocycles. The van der Waals surface area contributed by atoms with Crippen LogP contribution in [0.3, 0.4) is 0 Å². The lowest BCUT2D eigenvalue weighted by Gasteiger charge is -2.44. The highest BCUT2D eigenvalue weighted by Gasteiger charge is 2.51. The summed E-state index contributed by atoms with van der Waals surface area (Å²) in [6.07, 6.45) is 1.68. The smallest absolute Gasteiger partial charge is 0.158 e. The molecule has 3 heteroatoms. The molecule has 1 aliphatic rings. The fourth-order valence-corrected chi connectivity index (χ4v) is 5.80. The van der Waals surface area contributed by atoms with Gasteiger partial charge in [-0.1, -0.05) is 103 Å². The second-order valence-corrected chi connectivity index (χ2v) is 9.49. The topological polar surface area (TPSA) is 53.4 Å². The predicted octanol–water partition coefficient (Wildman–Crippen LogP) is 6.27. The molecule has 6 aromatic rings. The highest BCUT2D eigenvalue weighted by molar-refractivity contribution is 5.85. The zero-order valence-electron chi connectivity index (χ0n) is 19.5. The Hall–Kier alpha value is -4.31. The third-order valence-electron chi connectivity index (χ3n) is 7.58. The van der Waals surface area contributed by atoms with Gasteiger partial charge in [-0.15, -0.1) is 0 Å². The Balaban J connectivity index is 1.55. The molecule has 2 unspecified atom stereocenters. The minimum absolute atomic E-state index is 0.439. The summed E-state index contributed by atoms with van der Waals surface area (Å²) in [4.78, 5) is 4.70. The minimum Gasteiger partial charge on any atom is -0.376 e. The number of hydrogen-bond acceptors (Lipinski definition) is 3. The molecular weight excluding hydrogens is 442 g/mol. The Bertz CT molecular complexity index is 1610. The van der Waals surface area contributed by atoms with Gasteiger partial charge in [0, 0.05) is 17.3 Å². The SMILES string of the molecule is OC1(c2ccc3ccccc3c2)c2ccccc2C(O)(c2ccc3ccccc3c2)c2ncccc21. The van der Waals surface area contributed by atoms with Crippen LogP contribution < -0.4 is 0 Å². The summed E-state index contributed by atoms with van der Waals surface area (Å²) in [7, 11) is 0. The van der Waals surface area contributed by atoms with Crippen LogP contribution in [0.2, 0.25) is 0 Å². The average Bonchev–Trinajstić information content (AvgIpc) is 2.95. The summed E-state index contributed by atoms with van der Waals surface area (Å²) in [5.74, 6) is 0. The van der Waals surface area contributed by atoms with E-state index in [2.05, 4.69) is 12.1 Å². The molecule has 0 bridgehead atoms. The van der Waals surface area contributed by atoms with Crippen molar-refractivity contribution in [3.8, 4) is 0 Å². The fourth-order valence-electron chi connectivity index (χ4n) is 5.80. The summed E-state index contributed by atoms with van der Waals surface area (Å²) >= 11 is 0. The first kappa shape index (κ1) is 21.0. The van der Waals surface area contributed by atoms with E-state index in [1.54, 1.807) is 6.20 Å². The Morgan fingerprint density at radius 1 is 0.444 bits per heavy atom. The monoisotopic (exact) mass is 465 g/mol. The molecular formula is C33H23NO2. The van der Waals surface area contributed by atoms with Crippen molar-refractivity contribution in [2.24, 2.45) is 0 Å². The Morgan fingerprint density at radius 3 is 1.53 bits per heavy atom. The van der Waals surface area contributed by atoms with E-state index in [1.807, 2.05) is 109 Å². The molecule has 1 heterocycles. The van der Waals surface area contributed by atoms with E-state index in [-0.39, 0.29) is 0 Å². The van der Waals surface area contributed by atoms with Gasteiger partial charge in [-0.3, -0.25) is 4.98 Å². The molecule has 1 aliphatic carbocycles. The second kappa shape index (κ2) is 7.59. The maximum Gasteiger partial charge on any atom is 0.158 e. The molecule has 7 rings (SSSR count). The van der Waals surface area contributed by atoms with E-state index < -0.39 is 11.2 Å². The van der Waals surface area contributed by atoms with E-state index in [1.165, 1.54) is 0 Å². The lowest BCUT2D eigenvalue weighted by molar-refractivity contribution is 0.0711. The van der Waals surface area contributed by atoms with Gasteiger partial charge in [0.2, 0.25) is 0 Å². The summed E-state index contributed by atoms with van der Waals surface area (Å²) in [5.41, 5.74) is 0.744. The molecule has 0 amide bonds. The summed E-state index contributed by atoms with van der Waals surface area (Å²) in [6, 6.07) is 39.6. The van der Waals surface area contributed by atoms with E-state index in [9.17, 15) is 10.2 Å². The number of pyridine rings is 1. The molecule has 2 N–H and O–H groups in total. The maximum atomic E-state index is 12.6. The Morgan fingerprint density at radius 2 is 0.917 bits per heavy atom. The van der Waals surface area contributed by atoms with Gasteiger partial charge in [0.15, 0.2) is 5.60 Å². The van der Waals surface area contributed by atoms with Crippen LogP contribution in [0.5, 0.6) is 0 Å². The molecule has 0 radical (unpaired) electrons. The molecule has 0 saturated heterocycles. The number of benzene rings is 5. The van der Waals surface area contributed by atoms with Gasteiger partial charge in [-0.05, 0) is 56.4 Å². The number of fused-ring (bicyclic) bond motifs is 4. The van der Waals surface area contributed by atoms with Crippen LogP contribution in [0.1, 0.15) is 33.5 Å². The molecule has 3 nitrogen and oxygen atoms in total. The zero-order chi connectivity index (χ0) is 24.3. The summed E-state index contributed by atoms with van der Waals surface area (Å²) < 4.78 is 0. The van der Waals surface area contributed by atoms with Crippen molar-refractivity contribution in [1.82, 2.24) is 4.98 Å². The third kappa shape index (κ3) is 2.78. The summed E-state index contributed by atoms with van der Waals surface area (Å²) in [5, 5.41) is 29.5. The van der Waals surface area contributed by atoms with Crippen LogP contribution in [-0.4, -0.2) is 15.2 Å². The third-order valence-corrected chi connectivity index (χ3v) is 7.58. The normalized spacial score (nSPS) is 20.7. The molecule has 0 fully saturated rings. The van der Waals surface area contributed by atoms with E-state index in [0.29, 0.717) is 27.9 Å². The van der Waals surface area contributed by atoms with Crippen molar-refractivity contribution in [2.75, 3.05) is 0 Å². The predicted molar refractivity (Wildman–Crippen MR) is 143 cm³/mol. The molecule has 0 saturated carbocycles. The lowest BCUT2D eigenvalue weighted by atomic mass is 9.65. The number of nitrogens with zero attached hydrogens (tertiary/aromatic N) is 1. The van der Waals surface area contributed by atoms with E-state index >= 15 is 0 Å². The molecule has 172 valence electrons. The van der Waals surface area contributed by atoms with Crippen molar-refractivity contribution in [3.63, 3.8) is 0 Å². The van der Waals surface area contributed by atoms with E-state index in [4.69, 9.17) is 4.98 Å². The quantitative estimate of drug-likeness (QED) is 0.317. The lowest BCUT2D eigenvalue weighted by Crippen LogP contribution is -2.44. The van der Waals surface area contributed by atoms with Crippen molar-refractivity contribution < 1.29 is 10.2 Å². The second-order valence-electron chi connectivity index (χ2n) is 9.49. The molecule has 0 spiro atoms. The van der Waals surface area contributed by atoms with Gasteiger partial charge in [0.1, 0.15) is 5.60 Å². The van der Waals surface area contributed by atoms with Crippen LogP contribution >= 0.6 is 0 Å². The largest absolute Gasteiger partial charge is 0.376 e. The van der Waals surface area contributed by atoms with Gasteiger partial charge < -0.3 is 10.2 Å². The van der Waals surface area contributed by atoms with Crippen LogP contribution in [0, 0.1) is 0 Å². The van der Waals surface area contributed by atoms with Gasteiger partial charge >= 0.3 is 0 Å². The highest BCUT2D eigenvalue weighted by atomic mass is 16.3. The number of rotatable bonds is 2. The maximum absolute atomic E-state index is 12.6. The van der Waals surface area contributed by atoms with Crippen LogP contribution in [0.15, 0.2) is 128 Å². The Kier molecular flexibility index (Phi) is 4.43. The standard InChI is InChI=1S/C33H23NO2/c35-32(26-17-15-22-8-1-3-10-24(22)20-26)28-12-5-6-13-29(28)33(36,31-30(32)14-7-19-34-31)27-18-16-23-9-2-4-11-25(23)21-27/h1-21,35-36H. The van der Waals surface area contributed by atoms with Gasteiger partial charge in [0.25, 0.3) is 0 Å². The van der Waals surface area contributed by atoms with Gasteiger partial charge in [-0.2, -0.15) is 0 Å². The average molecular weight is 466 g/mol. The first-order chi connectivity index (χ1) is 17.6. The van der Waals surface area contributed by atoms with Crippen LogP contribution in [0.25, 0.3) is 21.5 Å². The van der Waals surface area contributed by atoms with Crippen LogP contribution in [-0.2, 0) is 11.2 Å². The zero-order valence-corrected chi connectivity index (χ0v) is 19.5. The number of aromatic nitrogens is 1. The van der Waals surface area contributed by atoms with Crippen LogP contribution in [0.4, 0.5) is 0 Å². The van der Waals surface area contributed by atoms with Crippen molar-refractivity contribution in [2.45, 2.75) is 11.2 Å². The van der Waals surface area contributed by atoms with E-state index in [0.717, 1.165) is 27.1 Å². The molecule has 1 aromatic heterocycles.